The van der Waals surface area contributed by atoms with Crippen molar-refractivity contribution < 1.29 is 0 Å². The zero-order valence-corrected chi connectivity index (χ0v) is 12.5. The van der Waals surface area contributed by atoms with Crippen LogP contribution in [0.2, 0.25) is 0 Å². The summed E-state index contributed by atoms with van der Waals surface area (Å²) in [4.78, 5) is 13.6. The predicted molar refractivity (Wildman–Crippen MR) is 86.9 cm³/mol. The Hall–Kier alpha value is -2.43. The molecular weight excluding hydrogens is 274 g/mol. The van der Waals surface area contributed by atoms with Crippen molar-refractivity contribution in [3.8, 4) is 0 Å². The Balaban J connectivity index is 1.55. The highest BCUT2D eigenvalue weighted by molar-refractivity contribution is 5.83. The number of rotatable bonds is 4. The van der Waals surface area contributed by atoms with Gasteiger partial charge in [-0.15, -0.1) is 0 Å². The van der Waals surface area contributed by atoms with Gasteiger partial charge in [-0.25, -0.2) is 15.0 Å². The molecule has 0 amide bonds. The average molecular weight is 293 g/mol. The smallest absolute Gasteiger partial charge is 0.165 e. The molecule has 0 fully saturated rings. The molecule has 0 unspecified atom stereocenters. The molecule has 0 aliphatic carbocycles. The van der Waals surface area contributed by atoms with Gasteiger partial charge in [-0.05, 0) is 24.8 Å². The van der Waals surface area contributed by atoms with Crippen LogP contribution in [-0.2, 0) is 19.4 Å². The van der Waals surface area contributed by atoms with Gasteiger partial charge in [0.25, 0.3) is 0 Å². The molecular formula is C17H19N5. The zero-order valence-electron chi connectivity index (χ0n) is 12.5. The van der Waals surface area contributed by atoms with Crippen molar-refractivity contribution in [3.63, 3.8) is 0 Å². The lowest BCUT2D eigenvalue weighted by atomic mass is 10.1. The number of hydrogen-bond donors (Lipinski definition) is 1. The van der Waals surface area contributed by atoms with Gasteiger partial charge in [0.05, 0.1) is 0 Å². The van der Waals surface area contributed by atoms with E-state index in [-0.39, 0.29) is 0 Å². The molecule has 1 aromatic carbocycles. The number of nitrogens with zero attached hydrogens (tertiary/aromatic N) is 4. The van der Waals surface area contributed by atoms with Crippen molar-refractivity contribution in [2.24, 2.45) is 0 Å². The van der Waals surface area contributed by atoms with Crippen molar-refractivity contribution >= 4 is 17.0 Å². The summed E-state index contributed by atoms with van der Waals surface area (Å²) in [5.74, 6) is 2.00. The highest BCUT2D eigenvalue weighted by Gasteiger charge is 2.17. The normalized spacial score (nSPS) is 14.0. The summed E-state index contributed by atoms with van der Waals surface area (Å²) in [5.41, 5.74) is 3.20. The monoisotopic (exact) mass is 293 g/mol. The van der Waals surface area contributed by atoms with E-state index in [1.807, 2.05) is 6.07 Å². The Labute approximate surface area is 129 Å². The van der Waals surface area contributed by atoms with Crippen molar-refractivity contribution in [3.05, 3.63) is 48.0 Å². The second kappa shape index (κ2) is 5.75. The molecule has 5 nitrogen and oxygen atoms in total. The Bertz CT molecular complexity index is 778. The number of anilines is 1. The Morgan fingerprint density at radius 3 is 2.91 bits per heavy atom. The molecule has 5 heteroatoms. The van der Waals surface area contributed by atoms with Crippen LogP contribution in [0.4, 0.5) is 5.82 Å². The first-order chi connectivity index (χ1) is 10.9. The summed E-state index contributed by atoms with van der Waals surface area (Å²) < 4.78 is 2.24. The highest BCUT2D eigenvalue weighted by atomic mass is 15.2. The van der Waals surface area contributed by atoms with E-state index in [9.17, 15) is 0 Å². The van der Waals surface area contributed by atoms with Gasteiger partial charge in [0.2, 0.25) is 0 Å². The van der Waals surface area contributed by atoms with Crippen LogP contribution in [0.15, 0.2) is 36.7 Å². The van der Waals surface area contributed by atoms with E-state index in [0.29, 0.717) is 0 Å². The van der Waals surface area contributed by atoms with E-state index in [1.165, 1.54) is 18.4 Å². The lowest BCUT2D eigenvalue weighted by Gasteiger charge is -2.12. The minimum atomic E-state index is 0.846. The summed E-state index contributed by atoms with van der Waals surface area (Å²) in [7, 11) is 0. The topological polar surface area (TPSA) is 55.6 Å². The van der Waals surface area contributed by atoms with Crippen molar-refractivity contribution in [2.75, 3.05) is 11.9 Å². The Kier molecular flexibility index (Phi) is 3.46. The molecule has 2 aromatic heterocycles. The molecule has 0 atom stereocenters. The van der Waals surface area contributed by atoms with Gasteiger partial charge in [0.1, 0.15) is 12.2 Å². The van der Waals surface area contributed by atoms with E-state index < -0.39 is 0 Å². The van der Waals surface area contributed by atoms with E-state index in [4.69, 9.17) is 4.98 Å². The fourth-order valence-electron chi connectivity index (χ4n) is 3.06. The summed E-state index contributed by atoms with van der Waals surface area (Å²) >= 11 is 0. The molecule has 1 aliphatic rings. The molecule has 22 heavy (non-hydrogen) atoms. The molecule has 0 saturated carbocycles. The van der Waals surface area contributed by atoms with Crippen LogP contribution in [0.1, 0.15) is 24.2 Å². The molecule has 3 heterocycles. The maximum absolute atomic E-state index is 4.75. The van der Waals surface area contributed by atoms with Crippen LogP contribution < -0.4 is 5.32 Å². The van der Waals surface area contributed by atoms with Gasteiger partial charge in [0.15, 0.2) is 17.0 Å². The van der Waals surface area contributed by atoms with Crippen molar-refractivity contribution in [1.29, 1.82) is 0 Å². The number of imidazole rings is 1. The maximum atomic E-state index is 4.75. The van der Waals surface area contributed by atoms with Crippen LogP contribution in [0, 0.1) is 0 Å². The minimum absolute atomic E-state index is 0.846. The lowest BCUT2D eigenvalue weighted by molar-refractivity contribution is 0.530. The molecule has 0 saturated heterocycles. The summed E-state index contributed by atoms with van der Waals surface area (Å²) in [6, 6.07) is 10.5. The molecule has 1 N–H and O–H groups in total. The second-order valence-electron chi connectivity index (χ2n) is 5.69. The van der Waals surface area contributed by atoms with Gasteiger partial charge in [-0.2, -0.15) is 0 Å². The number of hydrogen-bond acceptors (Lipinski definition) is 4. The molecule has 0 radical (unpaired) electrons. The van der Waals surface area contributed by atoms with Crippen LogP contribution in [0.25, 0.3) is 11.2 Å². The summed E-state index contributed by atoms with van der Waals surface area (Å²) in [5, 5.41) is 3.42. The van der Waals surface area contributed by atoms with Gasteiger partial charge in [-0.3, -0.25) is 0 Å². The highest BCUT2D eigenvalue weighted by Crippen LogP contribution is 2.24. The number of fused-ring (bicyclic) bond motifs is 3. The molecule has 0 spiro atoms. The van der Waals surface area contributed by atoms with Crippen LogP contribution in [0.3, 0.4) is 0 Å². The number of aromatic nitrogens is 4. The maximum Gasteiger partial charge on any atom is 0.165 e. The molecule has 4 rings (SSSR count). The van der Waals surface area contributed by atoms with Gasteiger partial charge in [-0.1, -0.05) is 30.3 Å². The van der Waals surface area contributed by atoms with Gasteiger partial charge in [0, 0.05) is 19.5 Å². The first-order valence-corrected chi connectivity index (χ1v) is 7.90. The second-order valence-corrected chi connectivity index (χ2v) is 5.69. The predicted octanol–water partition coefficient (Wildman–Crippen LogP) is 2.82. The van der Waals surface area contributed by atoms with E-state index in [1.54, 1.807) is 6.33 Å². The van der Waals surface area contributed by atoms with E-state index >= 15 is 0 Å². The van der Waals surface area contributed by atoms with Crippen LogP contribution >= 0.6 is 0 Å². The fraction of sp³-hybridized carbons (Fsp3) is 0.353. The third kappa shape index (κ3) is 2.43. The fourth-order valence-corrected chi connectivity index (χ4v) is 3.06. The molecule has 1 aliphatic heterocycles. The summed E-state index contributed by atoms with van der Waals surface area (Å²) in [6.07, 6.45) is 6.07. The molecule has 112 valence electrons. The Morgan fingerprint density at radius 1 is 1.09 bits per heavy atom. The van der Waals surface area contributed by atoms with Crippen LogP contribution in [-0.4, -0.2) is 26.1 Å². The molecule has 3 aromatic rings. The average Bonchev–Trinajstić information content (AvgIpc) is 2.96. The lowest BCUT2D eigenvalue weighted by Crippen LogP contribution is -2.10. The number of aryl methyl sites for hydroxylation is 2. The summed E-state index contributed by atoms with van der Waals surface area (Å²) in [6.45, 7) is 1.87. The van der Waals surface area contributed by atoms with E-state index in [0.717, 1.165) is 48.7 Å². The number of benzene rings is 1. The largest absolute Gasteiger partial charge is 0.368 e. The van der Waals surface area contributed by atoms with E-state index in [2.05, 4.69) is 44.1 Å². The van der Waals surface area contributed by atoms with Gasteiger partial charge < -0.3 is 9.88 Å². The molecule has 0 bridgehead atoms. The SMILES string of the molecule is c1ccc(CCNc2ncnc3c2nc2n3CCCC2)cc1. The standard InChI is InChI=1S/C17H19N5/c1-2-6-13(7-3-1)9-10-18-16-15-17(20-12-19-16)22-11-5-4-8-14(22)21-15/h1-3,6-7,12H,4-5,8-11H2,(H,18,19,20). The first kappa shape index (κ1) is 13.2. The number of nitrogens with one attached hydrogen (secondary N) is 1. The zero-order chi connectivity index (χ0) is 14.8. The quantitative estimate of drug-likeness (QED) is 0.803. The third-order valence-corrected chi connectivity index (χ3v) is 4.19. The third-order valence-electron chi connectivity index (χ3n) is 4.19. The van der Waals surface area contributed by atoms with Crippen molar-refractivity contribution in [2.45, 2.75) is 32.2 Å². The van der Waals surface area contributed by atoms with Crippen LogP contribution in [0.5, 0.6) is 0 Å². The first-order valence-electron chi connectivity index (χ1n) is 7.90. The minimum Gasteiger partial charge on any atom is -0.368 e. The van der Waals surface area contributed by atoms with Gasteiger partial charge >= 0.3 is 0 Å². The Morgan fingerprint density at radius 2 is 2.00 bits per heavy atom. The van der Waals surface area contributed by atoms with Crippen molar-refractivity contribution in [1.82, 2.24) is 19.5 Å².